The lowest BCUT2D eigenvalue weighted by Crippen LogP contribution is -2.35. The van der Waals surface area contributed by atoms with Crippen LogP contribution in [0.4, 0.5) is 25.0 Å². The summed E-state index contributed by atoms with van der Waals surface area (Å²) in [5, 5.41) is 11.7. The number of ether oxygens (including phenoxy) is 1. The molecule has 33 heavy (non-hydrogen) atoms. The summed E-state index contributed by atoms with van der Waals surface area (Å²) < 4.78 is 32.5. The Kier molecular flexibility index (Phi) is 5.71. The maximum atomic E-state index is 13.8. The second-order valence-electron chi connectivity index (χ2n) is 7.68. The number of nitrogens with zero attached hydrogens (tertiary/aromatic N) is 3. The molecule has 1 saturated heterocycles. The molecule has 11 heteroatoms. The molecule has 170 valence electrons. The van der Waals surface area contributed by atoms with E-state index in [-0.39, 0.29) is 5.69 Å². The molecule has 1 fully saturated rings. The summed E-state index contributed by atoms with van der Waals surface area (Å²) in [6, 6.07) is 8.09. The quantitative estimate of drug-likeness (QED) is 0.368. The van der Waals surface area contributed by atoms with E-state index in [1.54, 1.807) is 0 Å². The number of nitrogens with one attached hydrogen (secondary N) is 4. The van der Waals surface area contributed by atoms with Crippen molar-refractivity contribution in [2.24, 2.45) is 0 Å². The van der Waals surface area contributed by atoms with Crippen LogP contribution >= 0.6 is 0 Å². The molecule has 3 heterocycles. The van der Waals surface area contributed by atoms with Gasteiger partial charge in [-0.25, -0.2) is 18.6 Å². The van der Waals surface area contributed by atoms with Crippen molar-refractivity contribution < 1.29 is 18.3 Å². The molecule has 1 aliphatic rings. The van der Waals surface area contributed by atoms with Gasteiger partial charge in [0.25, 0.3) is 0 Å². The maximum Gasteiger partial charge on any atom is 0.323 e. The zero-order valence-corrected chi connectivity index (χ0v) is 17.5. The highest BCUT2D eigenvalue weighted by atomic mass is 19.1. The van der Waals surface area contributed by atoms with Gasteiger partial charge in [0.15, 0.2) is 11.5 Å². The predicted molar refractivity (Wildman–Crippen MR) is 119 cm³/mol. The van der Waals surface area contributed by atoms with Gasteiger partial charge < -0.3 is 20.4 Å². The molecule has 2 amide bonds. The first kappa shape index (κ1) is 21.0. The lowest BCUT2D eigenvalue weighted by molar-refractivity contribution is 0.0342. The van der Waals surface area contributed by atoms with Crippen molar-refractivity contribution in [2.45, 2.75) is 6.54 Å². The smallest absolute Gasteiger partial charge is 0.323 e. The van der Waals surface area contributed by atoms with E-state index < -0.39 is 17.7 Å². The minimum absolute atomic E-state index is 0.269. The molecule has 9 nitrogen and oxygen atoms in total. The Morgan fingerprint density at radius 2 is 1.91 bits per heavy atom. The highest BCUT2D eigenvalue weighted by Gasteiger charge is 2.17. The van der Waals surface area contributed by atoms with Crippen LogP contribution < -0.4 is 10.6 Å². The fourth-order valence-electron chi connectivity index (χ4n) is 3.71. The van der Waals surface area contributed by atoms with Crippen molar-refractivity contribution in [3.63, 3.8) is 0 Å². The molecule has 0 spiro atoms. The average molecular weight is 453 g/mol. The predicted octanol–water partition coefficient (Wildman–Crippen LogP) is 3.71. The van der Waals surface area contributed by atoms with Crippen molar-refractivity contribution >= 4 is 28.4 Å². The minimum atomic E-state index is -0.746. The molecule has 2 aromatic carbocycles. The van der Waals surface area contributed by atoms with Crippen LogP contribution in [-0.2, 0) is 11.3 Å². The van der Waals surface area contributed by atoms with Crippen molar-refractivity contribution in [3.05, 3.63) is 59.8 Å². The fourth-order valence-corrected chi connectivity index (χ4v) is 3.71. The van der Waals surface area contributed by atoms with Crippen LogP contribution in [-0.4, -0.2) is 57.4 Å². The summed E-state index contributed by atoms with van der Waals surface area (Å²) in [5.74, 6) is -0.947. The molecule has 0 unspecified atom stereocenters. The van der Waals surface area contributed by atoms with Crippen molar-refractivity contribution in [1.29, 1.82) is 0 Å². The van der Waals surface area contributed by atoms with E-state index in [4.69, 9.17) is 4.74 Å². The Morgan fingerprint density at radius 1 is 1.09 bits per heavy atom. The number of carbonyl (C=O) groups excluding carboxylic acids is 1. The number of anilines is 2. The van der Waals surface area contributed by atoms with E-state index in [2.05, 4.69) is 35.7 Å². The average Bonchev–Trinajstić information content (AvgIpc) is 3.43. The number of amides is 2. The topological polar surface area (TPSA) is 111 Å². The number of urea groups is 1. The van der Waals surface area contributed by atoms with Gasteiger partial charge in [-0.15, -0.1) is 0 Å². The van der Waals surface area contributed by atoms with Gasteiger partial charge in [0, 0.05) is 31.9 Å². The molecule has 0 saturated carbocycles. The van der Waals surface area contributed by atoms with E-state index in [0.717, 1.165) is 67.6 Å². The van der Waals surface area contributed by atoms with Gasteiger partial charge >= 0.3 is 6.03 Å². The lowest BCUT2D eigenvalue weighted by Gasteiger charge is -2.26. The zero-order chi connectivity index (χ0) is 22.8. The molecule has 0 atom stereocenters. The Hall–Kier alpha value is -3.83. The van der Waals surface area contributed by atoms with Gasteiger partial charge in [-0.05, 0) is 29.8 Å². The number of halogens is 2. The Labute approximate surface area is 187 Å². The molecular formula is C22H21F2N7O2. The number of imidazole rings is 1. The van der Waals surface area contributed by atoms with Crippen LogP contribution in [0.1, 0.15) is 5.56 Å². The first-order valence-electron chi connectivity index (χ1n) is 10.4. The van der Waals surface area contributed by atoms with Crippen molar-refractivity contribution in [3.8, 4) is 11.5 Å². The number of H-pyrrole nitrogens is 2. The third-order valence-corrected chi connectivity index (χ3v) is 5.35. The van der Waals surface area contributed by atoms with Crippen LogP contribution in [0.5, 0.6) is 0 Å². The summed E-state index contributed by atoms with van der Waals surface area (Å²) >= 11 is 0. The van der Waals surface area contributed by atoms with E-state index in [1.807, 2.05) is 18.2 Å². The molecule has 4 N–H and O–H groups in total. The summed E-state index contributed by atoms with van der Waals surface area (Å²) in [5.41, 5.74) is 3.19. The Balaban J connectivity index is 1.32. The first-order valence-corrected chi connectivity index (χ1v) is 10.4. The third kappa shape index (κ3) is 4.69. The Morgan fingerprint density at radius 3 is 2.76 bits per heavy atom. The summed E-state index contributed by atoms with van der Waals surface area (Å²) in [4.78, 5) is 22.5. The third-order valence-electron chi connectivity index (χ3n) is 5.35. The number of fused-ring (bicyclic) bond motifs is 1. The molecular weight excluding hydrogens is 432 g/mol. The maximum absolute atomic E-state index is 13.8. The van der Waals surface area contributed by atoms with Crippen LogP contribution in [0, 0.1) is 11.6 Å². The van der Waals surface area contributed by atoms with Crippen molar-refractivity contribution in [1.82, 2.24) is 25.1 Å². The van der Waals surface area contributed by atoms with Gasteiger partial charge in [0.05, 0.1) is 35.6 Å². The van der Waals surface area contributed by atoms with Gasteiger partial charge in [0.1, 0.15) is 11.6 Å². The standard InChI is InChI=1S/C22H21F2N7O2/c23-14-2-3-15(24)17(10-14)28-22(32)29-19-11-25-30-20(19)21-26-16-4-1-13(9-18(16)27-21)12-31-5-7-33-8-6-31/h1-4,9-11H,5-8,12H2,(H,25,30)(H,26,27)(H2,28,29,32). The van der Waals surface area contributed by atoms with E-state index in [0.29, 0.717) is 17.2 Å². The van der Waals surface area contributed by atoms with Gasteiger partial charge in [-0.2, -0.15) is 5.10 Å². The number of hydrogen-bond acceptors (Lipinski definition) is 5. The molecule has 0 aliphatic carbocycles. The molecule has 5 rings (SSSR count). The minimum Gasteiger partial charge on any atom is -0.379 e. The molecule has 4 aromatic rings. The monoisotopic (exact) mass is 453 g/mol. The number of aromatic amines is 2. The summed E-state index contributed by atoms with van der Waals surface area (Å²) in [7, 11) is 0. The Bertz CT molecular complexity index is 1300. The van der Waals surface area contributed by atoms with E-state index in [1.165, 1.54) is 6.20 Å². The highest BCUT2D eigenvalue weighted by Crippen LogP contribution is 2.26. The lowest BCUT2D eigenvalue weighted by atomic mass is 10.2. The normalized spacial score (nSPS) is 14.5. The fraction of sp³-hybridized carbons (Fsp3) is 0.227. The molecule has 2 aromatic heterocycles. The SMILES string of the molecule is O=C(Nc1cc(F)ccc1F)Nc1c[nH]nc1-c1nc2cc(CN3CCOCC3)ccc2[nH]1. The number of hydrogen-bond donors (Lipinski definition) is 4. The zero-order valence-electron chi connectivity index (χ0n) is 17.5. The van der Waals surface area contributed by atoms with Gasteiger partial charge in [-0.1, -0.05) is 6.07 Å². The van der Waals surface area contributed by atoms with Gasteiger partial charge in [0.2, 0.25) is 0 Å². The summed E-state index contributed by atoms with van der Waals surface area (Å²) in [6.07, 6.45) is 1.48. The molecule has 0 bridgehead atoms. The number of carbonyl (C=O) groups is 1. The number of benzene rings is 2. The molecule has 0 radical (unpaired) electrons. The number of rotatable bonds is 5. The second kappa shape index (κ2) is 8.96. The van der Waals surface area contributed by atoms with E-state index in [9.17, 15) is 13.6 Å². The second-order valence-corrected chi connectivity index (χ2v) is 7.68. The van der Waals surface area contributed by atoms with Crippen molar-refractivity contribution in [2.75, 3.05) is 36.9 Å². The summed E-state index contributed by atoms with van der Waals surface area (Å²) in [6.45, 7) is 4.08. The van der Waals surface area contributed by atoms with Crippen LogP contribution in [0.2, 0.25) is 0 Å². The van der Waals surface area contributed by atoms with Gasteiger partial charge in [-0.3, -0.25) is 10.00 Å². The van der Waals surface area contributed by atoms with Crippen LogP contribution in [0.15, 0.2) is 42.6 Å². The van der Waals surface area contributed by atoms with Crippen LogP contribution in [0.3, 0.4) is 0 Å². The van der Waals surface area contributed by atoms with E-state index >= 15 is 0 Å². The first-order chi connectivity index (χ1) is 16.0. The number of morpholine rings is 1. The largest absolute Gasteiger partial charge is 0.379 e. The molecule has 1 aliphatic heterocycles. The van der Waals surface area contributed by atoms with Crippen LogP contribution in [0.25, 0.3) is 22.6 Å². The number of aromatic nitrogens is 4. The highest BCUT2D eigenvalue weighted by molar-refractivity contribution is 6.01.